The average molecular weight is 790 g/mol. The molecule has 0 saturated carbocycles. The largest absolute Gasteiger partial charge is 0.452 e. The molecule has 0 amide bonds. The van der Waals surface area contributed by atoms with Crippen molar-refractivity contribution in [3.63, 3.8) is 0 Å². The molecule has 1 aliphatic carbocycles. The van der Waals surface area contributed by atoms with Crippen LogP contribution >= 0.6 is 11.3 Å². The highest BCUT2D eigenvalue weighted by molar-refractivity contribution is 7.27. The van der Waals surface area contributed by atoms with Crippen LogP contribution in [0, 0.1) is 0 Å². The first-order chi connectivity index (χ1) is 29.7. The summed E-state index contributed by atoms with van der Waals surface area (Å²) in [5, 5.41) is 12.1. The smallest absolute Gasteiger partial charge is 0.179 e. The summed E-state index contributed by atoms with van der Waals surface area (Å²) in [6.45, 7) is 4.06. The van der Waals surface area contributed by atoms with Crippen molar-refractivity contribution in [2.75, 3.05) is 12.4 Å². The predicted octanol–water partition coefficient (Wildman–Crippen LogP) is 15.4. The molecule has 0 unspecified atom stereocenters. The Kier molecular flexibility index (Phi) is 8.83. The molecule has 0 aliphatic heterocycles. The van der Waals surface area contributed by atoms with Gasteiger partial charge in [-0.2, -0.15) is 0 Å². The highest BCUT2D eigenvalue weighted by Crippen LogP contribution is 2.50. The Balaban J connectivity index is 1.26. The molecule has 10 aromatic rings. The molecule has 0 bridgehead atoms. The minimum absolute atomic E-state index is 0.589. The fourth-order valence-electron chi connectivity index (χ4n) is 9.07. The number of nitrogens with one attached hydrogen (secondary N) is 1. The van der Waals surface area contributed by atoms with Crippen LogP contribution in [0.25, 0.3) is 80.5 Å². The van der Waals surface area contributed by atoms with Crippen molar-refractivity contribution in [3.05, 3.63) is 199 Å². The number of aliphatic imine (C=N–C) groups is 2. The summed E-state index contributed by atoms with van der Waals surface area (Å²) in [5.41, 5.74) is 11.9. The van der Waals surface area contributed by atoms with Gasteiger partial charge in [-0.3, -0.25) is 4.99 Å². The minimum Gasteiger partial charge on any atom is -0.452 e. The average Bonchev–Trinajstić information content (AvgIpc) is 3.90. The second-order valence-corrected chi connectivity index (χ2v) is 16.3. The quantitative estimate of drug-likeness (QED) is 0.156. The fraction of sp³-hybridized carbons (Fsp3) is 0.0545. The van der Waals surface area contributed by atoms with E-state index in [1.807, 2.05) is 42.6 Å². The van der Waals surface area contributed by atoms with Gasteiger partial charge in [0, 0.05) is 54.5 Å². The minimum atomic E-state index is 0.589. The molecular formula is C55H39N3OS. The van der Waals surface area contributed by atoms with E-state index in [4.69, 9.17) is 9.41 Å². The third-order valence-electron chi connectivity index (χ3n) is 11.8. The number of hydrogen-bond donors (Lipinski definition) is 1. The van der Waals surface area contributed by atoms with Crippen molar-refractivity contribution in [1.29, 1.82) is 0 Å². The van der Waals surface area contributed by atoms with Gasteiger partial charge >= 0.3 is 0 Å². The Morgan fingerprint density at radius 1 is 0.633 bits per heavy atom. The van der Waals surface area contributed by atoms with Gasteiger partial charge in [0.2, 0.25) is 0 Å². The predicted molar refractivity (Wildman–Crippen MR) is 258 cm³/mol. The molecule has 2 aromatic heterocycles. The van der Waals surface area contributed by atoms with Crippen molar-refractivity contribution >= 4 is 93.4 Å². The lowest BCUT2D eigenvalue weighted by molar-refractivity contribution is 0.606. The molecule has 1 N–H and O–H groups in total. The van der Waals surface area contributed by atoms with Crippen LogP contribution in [-0.2, 0) is 0 Å². The van der Waals surface area contributed by atoms with E-state index >= 15 is 0 Å². The van der Waals surface area contributed by atoms with E-state index in [1.165, 1.54) is 52.9 Å². The maximum absolute atomic E-state index is 6.82. The van der Waals surface area contributed by atoms with Gasteiger partial charge in [0.05, 0.1) is 11.4 Å². The second kappa shape index (κ2) is 14.8. The Morgan fingerprint density at radius 3 is 2.00 bits per heavy atom. The Morgan fingerprint density at radius 2 is 1.28 bits per heavy atom. The molecule has 8 aromatic carbocycles. The Labute approximate surface area is 352 Å². The number of hydrogen-bond acceptors (Lipinski definition) is 5. The third kappa shape index (κ3) is 5.89. The van der Waals surface area contributed by atoms with E-state index in [2.05, 4.69) is 169 Å². The van der Waals surface area contributed by atoms with Crippen LogP contribution in [0.2, 0.25) is 0 Å². The number of para-hydroxylation sites is 1. The van der Waals surface area contributed by atoms with Gasteiger partial charge in [-0.1, -0.05) is 140 Å². The van der Waals surface area contributed by atoms with Crippen molar-refractivity contribution in [2.24, 2.45) is 9.98 Å². The van der Waals surface area contributed by atoms with E-state index in [0.29, 0.717) is 17.2 Å². The summed E-state index contributed by atoms with van der Waals surface area (Å²) in [6, 6.07) is 58.0. The van der Waals surface area contributed by atoms with Crippen molar-refractivity contribution in [2.45, 2.75) is 12.8 Å². The number of allylic oxidation sites excluding steroid dienone is 3. The monoisotopic (exact) mass is 789 g/mol. The van der Waals surface area contributed by atoms with E-state index in [9.17, 15) is 0 Å². The first-order valence-electron chi connectivity index (χ1n) is 20.4. The summed E-state index contributed by atoms with van der Waals surface area (Å²) >= 11 is 1.89. The maximum Gasteiger partial charge on any atom is 0.179 e. The molecule has 286 valence electrons. The summed E-state index contributed by atoms with van der Waals surface area (Å²) in [4.78, 5) is 10.4. The lowest BCUT2D eigenvalue weighted by Gasteiger charge is -2.21. The highest BCUT2D eigenvalue weighted by atomic mass is 32.1. The number of nitrogens with zero attached hydrogens (tertiary/aromatic N) is 2. The third-order valence-corrected chi connectivity index (χ3v) is 13.1. The number of thiophene rings is 1. The highest BCUT2D eigenvalue weighted by Gasteiger charge is 2.26. The van der Waals surface area contributed by atoms with Gasteiger partial charge < -0.3 is 9.73 Å². The first-order valence-corrected chi connectivity index (χ1v) is 21.2. The number of rotatable bonds is 8. The first kappa shape index (κ1) is 35.8. The van der Waals surface area contributed by atoms with Crippen LogP contribution in [0.4, 0.5) is 11.4 Å². The van der Waals surface area contributed by atoms with Gasteiger partial charge in [0.1, 0.15) is 17.0 Å². The van der Waals surface area contributed by atoms with Crippen LogP contribution < -0.4 is 5.32 Å². The molecule has 5 heteroatoms. The van der Waals surface area contributed by atoms with Gasteiger partial charge in [0.15, 0.2) is 5.76 Å². The second-order valence-electron chi connectivity index (χ2n) is 15.2. The van der Waals surface area contributed by atoms with Gasteiger partial charge in [-0.15, -0.1) is 11.3 Å². The molecular weight excluding hydrogens is 751 g/mol. The van der Waals surface area contributed by atoms with E-state index in [0.717, 1.165) is 63.0 Å². The SMILES string of the molecule is C=Nc1c(C(=NC2=C(c3c(NC)c4ccccc4c4sc5c6ccccc6ccc5c34)CCC=C2)c2cc(-c3ccccc3)cc(-c3ccccc3)c2)oc2ccccc12. The van der Waals surface area contributed by atoms with Crippen LogP contribution in [0.5, 0.6) is 0 Å². The number of anilines is 1. The standard InChI is InChI=1S/C55H39N3OS/c1-56-51-41-23-11-12-24-42(41)55-49(45-30-29-36-21-9-10-22-40(36)54(45)60-55)48(51)43-25-13-15-27-46(43)58-50(53-52(57-2)44-26-14-16-28-47(44)59-53)39-32-37(34-17-5-3-6-18-34)31-38(33-39)35-19-7-4-8-20-35/h3-12,14-24,26-33,56H,2,13,25H2,1H3. The molecule has 2 heterocycles. The van der Waals surface area contributed by atoms with Crippen LogP contribution in [0.3, 0.4) is 0 Å². The zero-order chi connectivity index (χ0) is 40.2. The van der Waals surface area contributed by atoms with Crippen LogP contribution in [0.1, 0.15) is 29.7 Å². The van der Waals surface area contributed by atoms with Crippen molar-refractivity contribution in [1.82, 2.24) is 0 Å². The number of fused-ring (bicyclic) bond motifs is 8. The molecule has 1 aliphatic rings. The van der Waals surface area contributed by atoms with Crippen LogP contribution in [-0.4, -0.2) is 19.5 Å². The maximum atomic E-state index is 6.82. The van der Waals surface area contributed by atoms with Gasteiger partial charge in [-0.25, -0.2) is 4.99 Å². The van der Waals surface area contributed by atoms with Crippen LogP contribution in [0.15, 0.2) is 196 Å². The molecule has 60 heavy (non-hydrogen) atoms. The van der Waals surface area contributed by atoms with E-state index in [-0.39, 0.29) is 0 Å². The summed E-state index contributed by atoms with van der Waals surface area (Å²) in [6.07, 6.45) is 6.17. The zero-order valence-electron chi connectivity index (χ0n) is 33.1. The Hall–Kier alpha value is -7.34. The zero-order valence-corrected chi connectivity index (χ0v) is 33.9. The molecule has 0 fully saturated rings. The fourth-order valence-corrected chi connectivity index (χ4v) is 10.4. The van der Waals surface area contributed by atoms with E-state index in [1.54, 1.807) is 0 Å². The molecule has 4 nitrogen and oxygen atoms in total. The molecule has 0 spiro atoms. The van der Waals surface area contributed by atoms with Crippen molar-refractivity contribution in [3.8, 4) is 22.3 Å². The lowest BCUT2D eigenvalue weighted by atomic mass is 9.87. The summed E-state index contributed by atoms with van der Waals surface area (Å²) < 4.78 is 9.41. The van der Waals surface area contributed by atoms with E-state index < -0.39 is 0 Å². The Bertz CT molecular complexity index is 3370. The summed E-state index contributed by atoms with van der Waals surface area (Å²) in [5.74, 6) is 0.589. The normalized spacial score (nSPS) is 13.3. The summed E-state index contributed by atoms with van der Waals surface area (Å²) in [7, 11) is 2.05. The van der Waals surface area contributed by atoms with Gasteiger partial charge in [-0.05, 0) is 94.6 Å². The van der Waals surface area contributed by atoms with Gasteiger partial charge in [0.25, 0.3) is 0 Å². The molecule has 0 radical (unpaired) electrons. The number of furan rings is 1. The van der Waals surface area contributed by atoms with Crippen molar-refractivity contribution < 1.29 is 4.42 Å². The topological polar surface area (TPSA) is 49.9 Å². The lowest BCUT2D eigenvalue weighted by Crippen LogP contribution is -2.07. The number of benzene rings is 8. The molecule has 0 saturated heterocycles. The molecule has 0 atom stereocenters. The molecule has 11 rings (SSSR count).